The molecule has 1 fully saturated rings. The first kappa shape index (κ1) is 16.4. The summed E-state index contributed by atoms with van der Waals surface area (Å²) < 4.78 is 3.67. The molecule has 5 rings (SSSR count). The lowest BCUT2D eigenvalue weighted by Crippen LogP contribution is -2.48. The van der Waals surface area contributed by atoms with Crippen LogP contribution in [0.3, 0.4) is 0 Å². The summed E-state index contributed by atoms with van der Waals surface area (Å²) in [6, 6.07) is 7.72. The molecule has 8 heteroatoms. The fourth-order valence-electron chi connectivity index (χ4n) is 4.05. The molecule has 0 radical (unpaired) electrons. The average Bonchev–Trinajstić information content (AvgIpc) is 3.33. The van der Waals surface area contributed by atoms with E-state index in [0.29, 0.717) is 6.54 Å². The minimum atomic E-state index is 0.0317. The molecule has 0 bridgehead atoms. The molecule has 0 unspecified atom stereocenters. The Morgan fingerprint density at radius 1 is 1.00 bits per heavy atom. The van der Waals surface area contributed by atoms with Gasteiger partial charge < -0.3 is 4.90 Å². The minimum absolute atomic E-state index is 0.0317. The predicted octanol–water partition coefficient (Wildman–Crippen LogP) is 0.597. The number of anilines is 1. The van der Waals surface area contributed by atoms with E-state index >= 15 is 0 Å². The second-order valence-corrected chi connectivity index (χ2v) is 7.29. The second kappa shape index (κ2) is 6.77. The molecule has 140 valence electrons. The molecule has 8 nitrogen and oxygen atoms in total. The van der Waals surface area contributed by atoms with Crippen molar-refractivity contribution in [2.24, 2.45) is 0 Å². The summed E-state index contributed by atoms with van der Waals surface area (Å²) >= 11 is 0. The molecule has 0 amide bonds. The average molecular weight is 365 g/mol. The van der Waals surface area contributed by atoms with Crippen LogP contribution in [-0.4, -0.2) is 62.0 Å². The van der Waals surface area contributed by atoms with Crippen LogP contribution in [0.5, 0.6) is 0 Å². The molecule has 0 N–H and O–H groups in total. The second-order valence-electron chi connectivity index (χ2n) is 7.29. The lowest BCUT2D eigenvalue weighted by molar-refractivity contribution is 0.241. The lowest BCUT2D eigenvalue weighted by atomic mass is 10.2. The van der Waals surface area contributed by atoms with Crippen molar-refractivity contribution in [2.75, 3.05) is 37.6 Å². The third-order valence-corrected chi connectivity index (χ3v) is 5.60. The van der Waals surface area contributed by atoms with Crippen LogP contribution in [0.15, 0.2) is 35.3 Å². The normalized spacial score (nSPS) is 17.6. The molecule has 1 saturated heterocycles. The zero-order chi connectivity index (χ0) is 18.2. The van der Waals surface area contributed by atoms with Gasteiger partial charge in [0.05, 0.1) is 12.2 Å². The number of fused-ring (bicyclic) bond motifs is 2. The van der Waals surface area contributed by atoms with Crippen LogP contribution in [-0.2, 0) is 19.4 Å². The van der Waals surface area contributed by atoms with Crippen molar-refractivity contribution in [1.29, 1.82) is 0 Å². The predicted molar refractivity (Wildman–Crippen MR) is 102 cm³/mol. The van der Waals surface area contributed by atoms with Crippen molar-refractivity contribution in [1.82, 2.24) is 29.3 Å². The summed E-state index contributed by atoms with van der Waals surface area (Å²) in [4.78, 5) is 16.9. The molecule has 0 atom stereocenters. The van der Waals surface area contributed by atoms with Crippen molar-refractivity contribution < 1.29 is 0 Å². The maximum absolute atomic E-state index is 12.2. The molecule has 27 heavy (non-hydrogen) atoms. The molecule has 2 aliphatic rings. The highest BCUT2D eigenvalue weighted by Crippen LogP contribution is 2.17. The van der Waals surface area contributed by atoms with Crippen molar-refractivity contribution >= 4 is 11.6 Å². The molecule has 1 aliphatic heterocycles. The van der Waals surface area contributed by atoms with Gasteiger partial charge in [0.2, 0.25) is 5.95 Å². The van der Waals surface area contributed by atoms with Crippen LogP contribution in [0.2, 0.25) is 0 Å². The summed E-state index contributed by atoms with van der Waals surface area (Å²) in [6.07, 6.45) is 5.12. The van der Waals surface area contributed by atoms with E-state index in [4.69, 9.17) is 0 Å². The van der Waals surface area contributed by atoms with E-state index in [1.807, 2.05) is 28.8 Å². The summed E-state index contributed by atoms with van der Waals surface area (Å²) in [5, 5.41) is 13.2. The molecular weight excluding hydrogens is 342 g/mol. The van der Waals surface area contributed by atoms with Crippen molar-refractivity contribution in [3.8, 4) is 0 Å². The van der Waals surface area contributed by atoms with Gasteiger partial charge in [-0.2, -0.15) is 5.10 Å². The Morgan fingerprint density at radius 2 is 1.89 bits per heavy atom. The molecule has 0 spiro atoms. The topological polar surface area (TPSA) is 71.6 Å². The van der Waals surface area contributed by atoms with E-state index in [0.717, 1.165) is 74.8 Å². The summed E-state index contributed by atoms with van der Waals surface area (Å²) in [5.41, 5.74) is 3.16. The molecular formula is C19H23N7O. The van der Waals surface area contributed by atoms with Gasteiger partial charge in [-0.3, -0.25) is 14.1 Å². The Hall–Kier alpha value is -2.74. The molecule has 0 aromatic carbocycles. The van der Waals surface area contributed by atoms with Gasteiger partial charge >= 0.3 is 0 Å². The van der Waals surface area contributed by atoms with Gasteiger partial charge in [0, 0.05) is 45.0 Å². The number of piperazine rings is 1. The van der Waals surface area contributed by atoms with Crippen LogP contribution in [0.1, 0.15) is 17.7 Å². The largest absolute Gasteiger partial charge is 0.338 e. The van der Waals surface area contributed by atoms with E-state index in [1.165, 1.54) is 0 Å². The minimum Gasteiger partial charge on any atom is -0.338 e. The van der Waals surface area contributed by atoms with Gasteiger partial charge in [0.15, 0.2) is 5.65 Å². The van der Waals surface area contributed by atoms with E-state index in [9.17, 15) is 4.79 Å². The first-order valence-electron chi connectivity index (χ1n) is 9.65. The number of rotatable bonds is 4. The Balaban J connectivity index is 1.21. The van der Waals surface area contributed by atoms with E-state index in [2.05, 4.69) is 25.1 Å². The van der Waals surface area contributed by atoms with Gasteiger partial charge in [-0.05, 0) is 37.0 Å². The number of aromatic nitrogens is 5. The monoisotopic (exact) mass is 365 g/mol. The first-order valence-corrected chi connectivity index (χ1v) is 9.65. The Kier molecular flexibility index (Phi) is 4.12. The molecule has 4 heterocycles. The molecule has 1 aliphatic carbocycles. The molecule has 3 aromatic rings. The Morgan fingerprint density at radius 3 is 2.78 bits per heavy atom. The maximum Gasteiger partial charge on any atom is 0.267 e. The lowest BCUT2D eigenvalue weighted by Gasteiger charge is -2.34. The summed E-state index contributed by atoms with van der Waals surface area (Å²) in [5.74, 6) is 0.904. The molecule has 3 aromatic heterocycles. The van der Waals surface area contributed by atoms with Crippen LogP contribution in [0.4, 0.5) is 5.95 Å². The smallest absolute Gasteiger partial charge is 0.267 e. The summed E-state index contributed by atoms with van der Waals surface area (Å²) in [6.45, 7) is 5.20. The number of pyridine rings is 1. The van der Waals surface area contributed by atoms with Crippen molar-refractivity contribution in [3.63, 3.8) is 0 Å². The molecule has 0 saturated carbocycles. The number of aryl methyl sites for hydroxylation is 2. The Labute approximate surface area is 157 Å². The van der Waals surface area contributed by atoms with Gasteiger partial charge in [-0.15, -0.1) is 10.2 Å². The van der Waals surface area contributed by atoms with Crippen LogP contribution in [0.25, 0.3) is 5.65 Å². The van der Waals surface area contributed by atoms with Gasteiger partial charge in [-0.25, -0.2) is 4.68 Å². The van der Waals surface area contributed by atoms with Crippen LogP contribution in [0, 0.1) is 0 Å². The maximum atomic E-state index is 12.2. The SMILES string of the molecule is O=c1cc2c(nn1CCN1CCN(c3nnc4ccccn34)CC1)CCC2. The van der Waals surface area contributed by atoms with Crippen molar-refractivity contribution in [3.05, 3.63) is 52.1 Å². The standard InChI is InChI=1S/C19H23N7O/c27-18-14-15-4-3-5-16(15)22-26(18)13-10-23-8-11-24(12-9-23)19-21-20-17-6-1-2-7-25(17)19/h1-2,6-7,14H,3-5,8-13H2. The van der Waals surface area contributed by atoms with E-state index in [-0.39, 0.29) is 5.56 Å². The third-order valence-electron chi connectivity index (χ3n) is 5.60. The quantitative estimate of drug-likeness (QED) is 0.674. The third kappa shape index (κ3) is 3.10. The van der Waals surface area contributed by atoms with E-state index < -0.39 is 0 Å². The highest BCUT2D eigenvalue weighted by molar-refractivity contribution is 5.46. The number of nitrogens with zero attached hydrogens (tertiary/aromatic N) is 7. The first-order chi connectivity index (χ1) is 13.3. The van der Waals surface area contributed by atoms with Gasteiger partial charge in [0.25, 0.3) is 5.56 Å². The number of hydrogen-bond donors (Lipinski definition) is 0. The van der Waals surface area contributed by atoms with Gasteiger partial charge in [-0.1, -0.05) is 6.07 Å². The fourth-order valence-corrected chi connectivity index (χ4v) is 4.05. The van der Waals surface area contributed by atoms with Crippen molar-refractivity contribution in [2.45, 2.75) is 25.8 Å². The number of hydrogen-bond acceptors (Lipinski definition) is 6. The highest BCUT2D eigenvalue weighted by Gasteiger charge is 2.21. The summed E-state index contributed by atoms with van der Waals surface area (Å²) in [7, 11) is 0. The van der Waals surface area contributed by atoms with Crippen LogP contribution < -0.4 is 10.5 Å². The fraction of sp³-hybridized carbons (Fsp3) is 0.474. The van der Waals surface area contributed by atoms with E-state index in [1.54, 1.807) is 10.7 Å². The Bertz CT molecular complexity index is 1020. The highest BCUT2D eigenvalue weighted by atomic mass is 16.1. The van der Waals surface area contributed by atoms with Gasteiger partial charge in [0.1, 0.15) is 0 Å². The zero-order valence-corrected chi connectivity index (χ0v) is 15.3. The van der Waals surface area contributed by atoms with Crippen LogP contribution >= 0.6 is 0 Å². The zero-order valence-electron chi connectivity index (χ0n) is 15.3.